The Morgan fingerprint density at radius 3 is 2.68 bits per heavy atom. The van der Waals surface area contributed by atoms with Crippen molar-refractivity contribution in [3.8, 4) is 5.75 Å². The summed E-state index contributed by atoms with van der Waals surface area (Å²) in [5, 5.41) is 14.4. The molecule has 6 heteroatoms. The average Bonchev–Trinajstić information content (AvgIpc) is 2.56. The Bertz CT molecular complexity index is 573. The van der Waals surface area contributed by atoms with Crippen LogP contribution in [0.2, 0.25) is 0 Å². The Morgan fingerprint density at radius 1 is 1.23 bits per heavy atom. The third kappa shape index (κ3) is 4.87. The van der Waals surface area contributed by atoms with Crippen LogP contribution < -0.4 is 15.4 Å². The predicted molar refractivity (Wildman–Crippen MR) is 88.4 cm³/mol. The van der Waals surface area contributed by atoms with Crippen LogP contribution in [0.3, 0.4) is 0 Å². The number of rotatable bonds is 8. The van der Waals surface area contributed by atoms with Crippen molar-refractivity contribution < 1.29 is 4.74 Å². The molecule has 1 heterocycles. The fourth-order valence-electron chi connectivity index (χ4n) is 1.91. The maximum atomic E-state index is 5.15. The van der Waals surface area contributed by atoms with Crippen LogP contribution in [-0.2, 0) is 6.42 Å². The molecule has 0 fully saturated rings. The van der Waals surface area contributed by atoms with E-state index in [1.54, 1.807) is 13.3 Å². The summed E-state index contributed by atoms with van der Waals surface area (Å²) >= 11 is 0. The highest BCUT2D eigenvalue weighted by molar-refractivity contribution is 5.37. The minimum absolute atomic E-state index is 0.365. The van der Waals surface area contributed by atoms with Gasteiger partial charge in [0, 0.05) is 12.6 Å². The summed E-state index contributed by atoms with van der Waals surface area (Å²) in [6.07, 6.45) is 3.56. The van der Waals surface area contributed by atoms with Gasteiger partial charge in [0.2, 0.25) is 5.95 Å². The van der Waals surface area contributed by atoms with E-state index in [4.69, 9.17) is 4.74 Å². The van der Waals surface area contributed by atoms with Gasteiger partial charge in [-0.2, -0.15) is 10.1 Å². The largest absolute Gasteiger partial charge is 0.497 e. The predicted octanol–water partition coefficient (Wildman–Crippen LogP) is 2.75. The fourth-order valence-corrected chi connectivity index (χ4v) is 1.91. The molecule has 2 aromatic rings. The number of hydrogen-bond acceptors (Lipinski definition) is 6. The normalized spacial score (nSPS) is 11.8. The Balaban J connectivity index is 1.84. The first-order valence-electron chi connectivity index (χ1n) is 7.54. The smallest absolute Gasteiger partial charge is 0.244 e. The zero-order valence-electron chi connectivity index (χ0n) is 13.3. The Labute approximate surface area is 131 Å². The van der Waals surface area contributed by atoms with E-state index in [0.717, 1.165) is 31.0 Å². The lowest BCUT2D eigenvalue weighted by Gasteiger charge is -2.12. The molecule has 0 spiro atoms. The lowest BCUT2D eigenvalue weighted by atomic mass is 10.1. The molecule has 1 unspecified atom stereocenters. The lowest BCUT2D eigenvalue weighted by Crippen LogP contribution is -2.16. The van der Waals surface area contributed by atoms with Crippen molar-refractivity contribution in [2.45, 2.75) is 32.7 Å². The van der Waals surface area contributed by atoms with Gasteiger partial charge in [0.05, 0.1) is 13.3 Å². The van der Waals surface area contributed by atoms with Gasteiger partial charge >= 0.3 is 0 Å². The molecule has 1 atom stereocenters. The summed E-state index contributed by atoms with van der Waals surface area (Å²) in [7, 11) is 1.67. The molecule has 0 aliphatic heterocycles. The van der Waals surface area contributed by atoms with Crippen LogP contribution in [0.5, 0.6) is 5.75 Å². The summed E-state index contributed by atoms with van der Waals surface area (Å²) in [6, 6.07) is 8.40. The summed E-state index contributed by atoms with van der Waals surface area (Å²) in [5.41, 5.74) is 1.23. The molecule has 0 bridgehead atoms. The molecule has 0 saturated heterocycles. The molecule has 2 N–H and O–H groups in total. The van der Waals surface area contributed by atoms with E-state index in [1.807, 2.05) is 12.1 Å². The second-order valence-electron chi connectivity index (χ2n) is 5.14. The average molecular weight is 301 g/mol. The second kappa shape index (κ2) is 8.17. The van der Waals surface area contributed by atoms with Crippen molar-refractivity contribution in [3.63, 3.8) is 0 Å². The van der Waals surface area contributed by atoms with Gasteiger partial charge in [-0.15, -0.1) is 5.10 Å². The van der Waals surface area contributed by atoms with Crippen molar-refractivity contribution in [1.82, 2.24) is 15.2 Å². The van der Waals surface area contributed by atoms with E-state index in [2.05, 4.69) is 51.8 Å². The van der Waals surface area contributed by atoms with Gasteiger partial charge in [0.1, 0.15) is 5.75 Å². The van der Waals surface area contributed by atoms with E-state index in [0.29, 0.717) is 12.0 Å². The first-order chi connectivity index (χ1) is 10.7. The highest BCUT2D eigenvalue weighted by Gasteiger charge is 2.03. The van der Waals surface area contributed by atoms with Crippen LogP contribution in [-0.4, -0.2) is 34.9 Å². The van der Waals surface area contributed by atoms with Crippen LogP contribution in [0.25, 0.3) is 0 Å². The van der Waals surface area contributed by atoms with Crippen molar-refractivity contribution in [2.24, 2.45) is 0 Å². The van der Waals surface area contributed by atoms with Gasteiger partial charge in [-0.1, -0.05) is 19.1 Å². The SMILES string of the molecule is CCC(C)Nc1cnnc(NCCc2ccc(OC)cc2)n1. The molecule has 0 radical (unpaired) electrons. The number of nitrogens with one attached hydrogen (secondary N) is 2. The standard InChI is InChI=1S/C16H23N5O/c1-4-12(2)19-15-11-18-21-16(20-15)17-10-9-13-5-7-14(22-3)8-6-13/h5-8,11-12H,4,9-10H2,1-3H3,(H2,17,19,20,21). The maximum Gasteiger partial charge on any atom is 0.244 e. The molecule has 2 rings (SSSR count). The van der Waals surface area contributed by atoms with E-state index in [1.165, 1.54) is 5.56 Å². The quantitative estimate of drug-likeness (QED) is 0.781. The Hall–Kier alpha value is -2.37. The molecular weight excluding hydrogens is 278 g/mol. The van der Waals surface area contributed by atoms with Crippen LogP contribution >= 0.6 is 0 Å². The van der Waals surface area contributed by atoms with Crippen molar-refractivity contribution in [1.29, 1.82) is 0 Å². The number of nitrogens with zero attached hydrogens (tertiary/aromatic N) is 3. The van der Waals surface area contributed by atoms with Gasteiger partial charge in [-0.05, 0) is 37.5 Å². The summed E-state index contributed by atoms with van der Waals surface area (Å²) in [4.78, 5) is 4.40. The third-order valence-electron chi connectivity index (χ3n) is 3.42. The Morgan fingerprint density at radius 2 is 2.00 bits per heavy atom. The highest BCUT2D eigenvalue weighted by atomic mass is 16.5. The second-order valence-corrected chi connectivity index (χ2v) is 5.14. The molecular formula is C16H23N5O. The van der Waals surface area contributed by atoms with Crippen LogP contribution in [0.4, 0.5) is 11.8 Å². The molecule has 0 saturated carbocycles. The number of methoxy groups -OCH3 is 1. The molecule has 1 aromatic heterocycles. The zero-order valence-corrected chi connectivity index (χ0v) is 13.3. The van der Waals surface area contributed by atoms with Gasteiger partial charge in [0.25, 0.3) is 0 Å². The summed E-state index contributed by atoms with van der Waals surface area (Å²) in [5.74, 6) is 2.16. The third-order valence-corrected chi connectivity index (χ3v) is 3.42. The first-order valence-corrected chi connectivity index (χ1v) is 7.54. The fraction of sp³-hybridized carbons (Fsp3) is 0.438. The van der Waals surface area contributed by atoms with E-state index in [9.17, 15) is 0 Å². The molecule has 1 aromatic carbocycles. The van der Waals surface area contributed by atoms with E-state index < -0.39 is 0 Å². The highest BCUT2D eigenvalue weighted by Crippen LogP contribution is 2.12. The maximum absolute atomic E-state index is 5.15. The topological polar surface area (TPSA) is 72.0 Å². The van der Waals surface area contributed by atoms with Gasteiger partial charge in [-0.25, -0.2) is 0 Å². The number of hydrogen-bond donors (Lipinski definition) is 2. The van der Waals surface area contributed by atoms with Crippen LogP contribution in [0, 0.1) is 0 Å². The zero-order chi connectivity index (χ0) is 15.8. The number of anilines is 2. The van der Waals surface area contributed by atoms with Crippen molar-refractivity contribution in [2.75, 3.05) is 24.3 Å². The molecule has 6 nitrogen and oxygen atoms in total. The van der Waals surface area contributed by atoms with Gasteiger partial charge < -0.3 is 15.4 Å². The molecule has 118 valence electrons. The van der Waals surface area contributed by atoms with Gasteiger partial charge in [-0.3, -0.25) is 0 Å². The Kier molecular flexibility index (Phi) is 5.94. The lowest BCUT2D eigenvalue weighted by molar-refractivity contribution is 0.414. The van der Waals surface area contributed by atoms with E-state index >= 15 is 0 Å². The first kappa shape index (κ1) is 16.0. The van der Waals surface area contributed by atoms with Crippen LogP contribution in [0.15, 0.2) is 30.5 Å². The minimum Gasteiger partial charge on any atom is -0.497 e. The summed E-state index contributed by atoms with van der Waals surface area (Å²) in [6.45, 7) is 4.99. The van der Waals surface area contributed by atoms with E-state index in [-0.39, 0.29) is 0 Å². The minimum atomic E-state index is 0.365. The van der Waals surface area contributed by atoms with Gasteiger partial charge in [0.15, 0.2) is 5.82 Å². The monoisotopic (exact) mass is 301 g/mol. The molecule has 0 amide bonds. The van der Waals surface area contributed by atoms with Crippen molar-refractivity contribution >= 4 is 11.8 Å². The number of benzene rings is 1. The summed E-state index contributed by atoms with van der Waals surface area (Å²) < 4.78 is 5.15. The molecule has 0 aliphatic rings. The number of aromatic nitrogens is 3. The van der Waals surface area contributed by atoms with Crippen molar-refractivity contribution in [3.05, 3.63) is 36.0 Å². The molecule has 22 heavy (non-hydrogen) atoms. The van der Waals surface area contributed by atoms with Crippen LogP contribution in [0.1, 0.15) is 25.8 Å². The molecule has 0 aliphatic carbocycles. The number of ether oxygens (including phenoxy) is 1.